The number of aryl methyl sites for hydroxylation is 1. The number of nitrogens with zero attached hydrogens (tertiary/aromatic N) is 1. The van der Waals surface area contributed by atoms with E-state index in [0.29, 0.717) is 6.67 Å². The molecule has 3 heteroatoms. The Balaban J connectivity index is 2.75. The molecule has 12 heavy (non-hydrogen) atoms. The van der Waals surface area contributed by atoms with Crippen LogP contribution in [0.5, 0.6) is 0 Å². The number of rotatable bonds is 3. The molecule has 0 saturated carbocycles. The second kappa shape index (κ2) is 4.24. The van der Waals surface area contributed by atoms with E-state index in [1.54, 1.807) is 0 Å². The Labute approximate surface area is 77.3 Å². The molecule has 0 aliphatic heterocycles. The Hall–Kier alpha value is -0.860. The maximum Gasteiger partial charge on any atom is 0.173 e. The van der Waals surface area contributed by atoms with Crippen LogP contribution in [0.3, 0.4) is 0 Å². The van der Waals surface area contributed by atoms with Gasteiger partial charge in [-0.05, 0) is 25.3 Å². The summed E-state index contributed by atoms with van der Waals surface area (Å²) in [5.74, 6) is 0. The standard InChI is InChI=1S/C9H11ClN2/c1-7-3-4-8(5-9(7)10)12-6-11-2/h3-5,12H,2,6H2,1H3/p+1. The molecule has 0 aromatic heterocycles. The van der Waals surface area contributed by atoms with Gasteiger partial charge in [0.15, 0.2) is 6.67 Å². The summed E-state index contributed by atoms with van der Waals surface area (Å²) in [5, 5.41) is 2.78. The van der Waals surface area contributed by atoms with Crippen molar-refractivity contribution in [2.45, 2.75) is 6.92 Å². The Morgan fingerprint density at radius 1 is 1.58 bits per heavy atom. The van der Waals surface area contributed by atoms with Crippen LogP contribution in [0.1, 0.15) is 5.56 Å². The van der Waals surface area contributed by atoms with Crippen molar-refractivity contribution in [2.75, 3.05) is 6.67 Å². The molecular formula is C9H12ClN2+. The van der Waals surface area contributed by atoms with Crippen LogP contribution >= 0.6 is 11.6 Å². The molecule has 0 atom stereocenters. The summed E-state index contributed by atoms with van der Waals surface area (Å²) in [5.41, 5.74) is 2.19. The normalized spacial score (nSPS) is 9.83. The molecule has 0 fully saturated rings. The van der Waals surface area contributed by atoms with E-state index in [0.717, 1.165) is 16.3 Å². The average Bonchev–Trinajstić information content (AvgIpc) is 2.07. The number of halogens is 1. The van der Waals surface area contributed by atoms with Gasteiger partial charge in [-0.15, -0.1) is 0 Å². The molecule has 2 N–H and O–H groups in total. The van der Waals surface area contributed by atoms with Crippen molar-refractivity contribution in [1.29, 1.82) is 0 Å². The molecule has 64 valence electrons. The van der Waals surface area contributed by atoms with E-state index in [1.807, 2.05) is 30.4 Å². The number of benzene rings is 1. The van der Waals surface area contributed by atoms with Gasteiger partial charge in [-0.3, -0.25) is 5.32 Å². The highest BCUT2D eigenvalue weighted by atomic mass is 35.5. The van der Waals surface area contributed by atoms with E-state index in [2.05, 4.69) is 11.7 Å². The molecule has 0 unspecified atom stereocenters. The first-order valence-electron chi connectivity index (χ1n) is 3.76. The van der Waals surface area contributed by atoms with Crippen LogP contribution in [-0.4, -0.2) is 13.4 Å². The first kappa shape index (κ1) is 9.23. The maximum absolute atomic E-state index is 5.93. The molecule has 0 spiro atoms. The van der Waals surface area contributed by atoms with E-state index in [-0.39, 0.29) is 0 Å². The van der Waals surface area contributed by atoms with Crippen molar-refractivity contribution in [3.63, 3.8) is 0 Å². The third-order valence-electron chi connectivity index (χ3n) is 1.65. The van der Waals surface area contributed by atoms with Gasteiger partial charge in [-0.2, -0.15) is 0 Å². The van der Waals surface area contributed by atoms with Gasteiger partial charge in [0.2, 0.25) is 0 Å². The monoisotopic (exact) mass is 183 g/mol. The van der Waals surface area contributed by atoms with Gasteiger partial charge in [-0.1, -0.05) is 17.7 Å². The highest BCUT2D eigenvalue weighted by Gasteiger charge is 1.99. The second-order valence-corrected chi connectivity index (χ2v) is 3.03. The minimum Gasteiger partial charge on any atom is -0.295 e. The molecule has 2 nitrogen and oxygen atoms in total. The van der Waals surface area contributed by atoms with Crippen molar-refractivity contribution < 1.29 is 5.32 Å². The van der Waals surface area contributed by atoms with Crippen molar-refractivity contribution in [2.24, 2.45) is 4.99 Å². The van der Waals surface area contributed by atoms with Gasteiger partial charge < -0.3 is 0 Å². The van der Waals surface area contributed by atoms with Crippen molar-refractivity contribution in [3.05, 3.63) is 28.8 Å². The molecule has 1 aromatic rings. The van der Waals surface area contributed by atoms with E-state index in [1.165, 1.54) is 0 Å². The van der Waals surface area contributed by atoms with Gasteiger partial charge in [0.05, 0.1) is 0 Å². The Bertz CT molecular complexity index is 284. The molecule has 0 radical (unpaired) electrons. The fraction of sp³-hybridized carbons (Fsp3) is 0.222. The summed E-state index contributed by atoms with van der Waals surface area (Å²) in [6, 6.07) is 5.95. The minimum absolute atomic E-state index is 0.638. The Morgan fingerprint density at radius 3 is 2.92 bits per heavy atom. The third kappa shape index (κ3) is 2.32. The summed E-state index contributed by atoms with van der Waals surface area (Å²) < 4.78 is 0. The fourth-order valence-electron chi connectivity index (χ4n) is 0.906. The highest BCUT2D eigenvalue weighted by Crippen LogP contribution is 2.16. The van der Waals surface area contributed by atoms with Crippen LogP contribution in [0.4, 0.5) is 5.69 Å². The molecule has 0 aliphatic carbocycles. The van der Waals surface area contributed by atoms with Crippen molar-refractivity contribution in [3.8, 4) is 0 Å². The number of hydrogen-bond donors (Lipinski definition) is 1. The lowest BCUT2D eigenvalue weighted by Gasteiger charge is -1.99. The smallest absolute Gasteiger partial charge is 0.173 e. The van der Waals surface area contributed by atoms with Gasteiger partial charge in [-0.25, -0.2) is 4.99 Å². The van der Waals surface area contributed by atoms with Crippen molar-refractivity contribution >= 4 is 24.0 Å². The summed E-state index contributed by atoms with van der Waals surface area (Å²) in [7, 11) is 0. The van der Waals surface area contributed by atoms with E-state index >= 15 is 0 Å². The Morgan fingerprint density at radius 2 is 2.33 bits per heavy atom. The third-order valence-corrected chi connectivity index (χ3v) is 2.06. The van der Waals surface area contributed by atoms with E-state index in [4.69, 9.17) is 11.6 Å². The van der Waals surface area contributed by atoms with Crippen LogP contribution in [-0.2, 0) is 0 Å². The van der Waals surface area contributed by atoms with Crippen LogP contribution in [0, 0.1) is 6.92 Å². The largest absolute Gasteiger partial charge is 0.295 e. The SMILES string of the molecule is C=NC[NH2+]c1ccc(C)c(Cl)c1. The van der Waals surface area contributed by atoms with Crippen LogP contribution in [0.15, 0.2) is 23.2 Å². The zero-order chi connectivity index (χ0) is 8.97. The topological polar surface area (TPSA) is 29.0 Å². The Kier molecular flexibility index (Phi) is 3.26. The maximum atomic E-state index is 5.93. The molecule has 0 heterocycles. The quantitative estimate of drug-likeness (QED) is 0.544. The summed E-state index contributed by atoms with van der Waals surface area (Å²) in [6.45, 7) is 6.02. The van der Waals surface area contributed by atoms with Crippen LogP contribution in [0.2, 0.25) is 5.02 Å². The molecule has 0 saturated heterocycles. The van der Waals surface area contributed by atoms with Gasteiger partial charge in [0.1, 0.15) is 5.69 Å². The zero-order valence-corrected chi connectivity index (χ0v) is 7.80. The number of aliphatic imine (C=N–C) groups is 1. The average molecular weight is 184 g/mol. The first-order valence-corrected chi connectivity index (χ1v) is 4.13. The van der Waals surface area contributed by atoms with E-state index < -0.39 is 0 Å². The number of nitrogens with two attached hydrogens (primary N) is 1. The molecule has 1 aromatic carbocycles. The molecule has 0 aliphatic rings. The van der Waals surface area contributed by atoms with Gasteiger partial charge >= 0.3 is 0 Å². The van der Waals surface area contributed by atoms with Gasteiger partial charge in [0.25, 0.3) is 0 Å². The zero-order valence-electron chi connectivity index (χ0n) is 7.05. The summed E-state index contributed by atoms with van der Waals surface area (Å²) in [4.78, 5) is 3.73. The summed E-state index contributed by atoms with van der Waals surface area (Å²) in [6.07, 6.45) is 0. The predicted octanol–water partition coefficient (Wildman–Crippen LogP) is 1.50. The predicted molar refractivity (Wildman–Crippen MR) is 52.2 cm³/mol. The fourth-order valence-corrected chi connectivity index (χ4v) is 1.10. The lowest BCUT2D eigenvalue weighted by Crippen LogP contribution is -2.77. The summed E-state index contributed by atoms with van der Waals surface area (Å²) >= 11 is 5.93. The lowest BCUT2D eigenvalue weighted by atomic mass is 10.2. The van der Waals surface area contributed by atoms with Crippen LogP contribution in [0.25, 0.3) is 0 Å². The molecule has 0 amide bonds. The number of quaternary nitrogens is 1. The van der Waals surface area contributed by atoms with Crippen molar-refractivity contribution in [1.82, 2.24) is 0 Å². The lowest BCUT2D eigenvalue weighted by molar-refractivity contribution is -0.569. The molecule has 0 bridgehead atoms. The molecule has 1 rings (SSSR count). The molecular weight excluding hydrogens is 172 g/mol. The van der Waals surface area contributed by atoms with Gasteiger partial charge in [0, 0.05) is 11.1 Å². The minimum atomic E-state index is 0.638. The van der Waals surface area contributed by atoms with Crippen LogP contribution < -0.4 is 5.32 Å². The second-order valence-electron chi connectivity index (χ2n) is 2.62. The van der Waals surface area contributed by atoms with E-state index in [9.17, 15) is 0 Å². The number of hydrogen-bond acceptors (Lipinski definition) is 1. The highest BCUT2D eigenvalue weighted by molar-refractivity contribution is 6.31. The first-order chi connectivity index (χ1) is 5.74.